The molecule has 0 saturated carbocycles. The van der Waals surface area contributed by atoms with Gasteiger partial charge in [0.05, 0.1) is 36.6 Å². The molecule has 2 aliphatic heterocycles. The van der Waals surface area contributed by atoms with Gasteiger partial charge in [0.25, 0.3) is 0 Å². The number of piperidine rings is 1. The molecule has 2 saturated heterocycles. The van der Waals surface area contributed by atoms with Crippen LogP contribution in [0.2, 0.25) is 0 Å². The molecule has 0 spiro atoms. The van der Waals surface area contributed by atoms with Crippen LogP contribution in [0.25, 0.3) is 5.69 Å². The molecule has 0 bridgehead atoms. The molecule has 2 aromatic rings. The molecule has 2 aliphatic rings. The first-order chi connectivity index (χ1) is 17.9. The predicted molar refractivity (Wildman–Crippen MR) is 144 cm³/mol. The van der Waals surface area contributed by atoms with Crippen LogP contribution in [0, 0.1) is 0 Å². The number of anilines is 1. The van der Waals surface area contributed by atoms with Gasteiger partial charge in [-0.25, -0.2) is 9.59 Å². The van der Waals surface area contributed by atoms with Crippen LogP contribution >= 0.6 is 0 Å². The van der Waals surface area contributed by atoms with Crippen LogP contribution in [0.1, 0.15) is 32.3 Å². The van der Waals surface area contributed by atoms with Gasteiger partial charge in [-0.3, -0.25) is 19.6 Å². The number of amides is 3. The molecule has 3 amide bonds. The molecule has 2 fully saturated rings. The van der Waals surface area contributed by atoms with Crippen LogP contribution in [0.3, 0.4) is 0 Å². The van der Waals surface area contributed by atoms with Crippen LogP contribution in [0.4, 0.5) is 10.6 Å². The van der Waals surface area contributed by atoms with Crippen molar-refractivity contribution in [1.29, 1.82) is 0 Å². The van der Waals surface area contributed by atoms with E-state index < -0.39 is 29.6 Å². The molecule has 3 heterocycles. The first-order valence-electron chi connectivity index (χ1n) is 12.8. The maximum absolute atomic E-state index is 12.9. The molecule has 13 heteroatoms. The highest BCUT2D eigenvalue weighted by Gasteiger charge is 2.39. The monoisotopic (exact) mass is 526 g/mol. The van der Waals surface area contributed by atoms with Crippen molar-refractivity contribution in [2.75, 3.05) is 31.5 Å². The first-order valence-corrected chi connectivity index (χ1v) is 12.8. The summed E-state index contributed by atoms with van der Waals surface area (Å²) < 4.78 is 1.40. The Bertz CT molecular complexity index is 1200. The Morgan fingerprint density at radius 1 is 1.00 bits per heavy atom. The normalized spacial score (nSPS) is 21.4. The number of rotatable bonds is 5. The van der Waals surface area contributed by atoms with E-state index in [0.717, 1.165) is 38.0 Å². The highest BCUT2D eigenvalue weighted by Crippen LogP contribution is 2.17. The van der Waals surface area contributed by atoms with Gasteiger partial charge in [0.15, 0.2) is 0 Å². The number of likely N-dealkylation sites (tertiary alicyclic amines) is 1. The van der Waals surface area contributed by atoms with Gasteiger partial charge in [-0.2, -0.15) is 4.98 Å². The topological polar surface area (TPSA) is 195 Å². The number of nitrogens with one attached hydrogen (secondary N) is 1. The van der Waals surface area contributed by atoms with Crippen LogP contribution < -0.4 is 33.9 Å². The summed E-state index contributed by atoms with van der Waals surface area (Å²) in [5, 5.41) is 2.60. The van der Waals surface area contributed by atoms with Gasteiger partial charge < -0.3 is 32.7 Å². The second-order valence-electron chi connectivity index (χ2n) is 10.6. The van der Waals surface area contributed by atoms with Crippen LogP contribution in [0.15, 0.2) is 41.3 Å². The van der Waals surface area contributed by atoms with Gasteiger partial charge in [0.1, 0.15) is 5.82 Å². The zero-order valence-corrected chi connectivity index (χ0v) is 21.9. The number of carbonyl (C=O) groups is 2. The minimum atomic E-state index is -1.11. The van der Waals surface area contributed by atoms with Crippen molar-refractivity contribution in [2.24, 2.45) is 22.9 Å². The third kappa shape index (κ3) is 6.37. The van der Waals surface area contributed by atoms with Crippen molar-refractivity contribution in [2.45, 2.75) is 57.1 Å². The average Bonchev–Trinajstić information content (AvgIpc) is 2.86. The predicted octanol–water partition coefficient (Wildman–Crippen LogP) is -0.861. The summed E-state index contributed by atoms with van der Waals surface area (Å²) in [4.78, 5) is 47.2. The molecule has 0 unspecified atom stereocenters. The van der Waals surface area contributed by atoms with E-state index >= 15 is 0 Å². The standard InChI is InChI=1S/C25H38N10O3/c1-25(2,29)22(36)34-14-20(28)35(15-19(34)27)24(38)31-21-9-12-33(23(37)30-21)18-5-3-16(4-6-18)13-32-10-7-17(26)8-11-32/h3-6,9,12,17,19-20H,7-8,10-11,13-15,26-29H2,1-2H3,(H,30,31,37,38)/t19-,20-/m0/s1. The molecular weight excluding hydrogens is 488 g/mol. The van der Waals surface area contributed by atoms with E-state index in [1.807, 2.05) is 24.3 Å². The Labute approximate surface area is 221 Å². The zero-order valence-electron chi connectivity index (χ0n) is 21.9. The Morgan fingerprint density at radius 2 is 1.61 bits per heavy atom. The van der Waals surface area contributed by atoms with E-state index in [4.69, 9.17) is 22.9 Å². The fourth-order valence-corrected chi connectivity index (χ4v) is 4.69. The average molecular weight is 527 g/mol. The largest absolute Gasteiger partial charge is 0.354 e. The fraction of sp³-hybridized carbons (Fsp3) is 0.520. The van der Waals surface area contributed by atoms with Gasteiger partial charge >= 0.3 is 11.7 Å². The molecular formula is C25H38N10O3. The van der Waals surface area contributed by atoms with Crippen LogP contribution in [0.5, 0.6) is 0 Å². The lowest BCUT2D eigenvalue weighted by molar-refractivity contribution is -0.141. The second kappa shape index (κ2) is 11.2. The van der Waals surface area contributed by atoms with E-state index in [9.17, 15) is 14.4 Å². The summed E-state index contributed by atoms with van der Waals surface area (Å²) in [6.45, 7) is 6.00. The quantitative estimate of drug-likeness (QED) is 0.329. The van der Waals surface area contributed by atoms with Crippen molar-refractivity contribution in [3.8, 4) is 5.69 Å². The highest BCUT2D eigenvalue weighted by atomic mass is 16.2. The number of benzene rings is 1. The Hall–Kier alpha value is -3.36. The van der Waals surface area contributed by atoms with Crippen LogP contribution in [-0.2, 0) is 11.3 Å². The minimum Gasteiger partial charge on any atom is -0.328 e. The number of nitrogens with zero attached hydrogens (tertiary/aromatic N) is 5. The lowest BCUT2D eigenvalue weighted by Gasteiger charge is -2.44. The Morgan fingerprint density at radius 3 is 2.21 bits per heavy atom. The van der Waals surface area contributed by atoms with E-state index in [-0.39, 0.29) is 24.8 Å². The fourth-order valence-electron chi connectivity index (χ4n) is 4.69. The number of hydrogen-bond donors (Lipinski definition) is 5. The Balaban J connectivity index is 1.37. The molecule has 1 aromatic carbocycles. The summed E-state index contributed by atoms with van der Waals surface area (Å²) in [6, 6.07) is 8.98. The van der Waals surface area contributed by atoms with Crippen molar-refractivity contribution >= 4 is 17.8 Å². The lowest BCUT2D eigenvalue weighted by Crippen LogP contribution is -2.69. The third-order valence-corrected chi connectivity index (χ3v) is 6.93. The molecule has 0 radical (unpaired) electrons. The van der Waals surface area contributed by atoms with Crippen molar-refractivity contribution in [3.05, 3.63) is 52.6 Å². The molecule has 38 heavy (non-hydrogen) atoms. The number of piperazine rings is 1. The van der Waals surface area contributed by atoms with Gasteiger partial charge in [-0.05, 0) is 63.5 Å². The Kier molecular flexibility index (Phi) is 8.13. The van der Waals surface area contributed by atoms with E-state index in [1.165, 1.54) is 20.4 Å². The van der Waals surface area contributed by atoms with Crippen molar-refractivity contribution in [1.82, 2.24) is 24.3 Å². The second-order valence-corrected chi connectivity index (χ2v) is 10.6. The van der Waals surface area contributed by atoms with Crippen LogP contribution in [-0.4, -0.2) is 86.3 Å². The molecule has 2 atom stereocenters. The van der Waals surface area contributed by atoms with Crippen molar-refractivity contribution in [3.63, 3.8) is 0 Å². The van der Waals surface area contributed by atoms with Gasteiger partial charge in [0, 0.05) is 18.8 Å². The number of carbonyl (C=O) groups excluding carboxylic acids is 2. The van der Waals surface area contributed by atoms with Gasteiger partial charge in [-0.1, -0.05) is 12.1 Å². The summed E-state index contributed by atoms with van der Waals surface area (Å²) >= 11 is 0. The van der Waals surface area contributed by atoms with Crippen molar-refractivity contribution < 1.29 is 9.59 Å². The first kappa shape index (κ1) is 27.7. The third-order valence-electron chi connectivity index (χ3n) is 6.93. The molecule has 1 aromatic heterocycles. The molecule has 206 valence electrons. The van der Waals surface area contributed by atoms with Gasteiger partial charge in [0.2, 0.25) is 5.91 Å². The smallest absolute Gasteiger partial charge is 0.328 e. The summed E-state index contributed by atoms with van der Waals surface area (Å²) in [5.41, 5.74) is 24.3. The number of aromatic nitrogens is 2. The molecule has 4 rings (SSSR count). The van der Waals surface area contributed by atoms with E-state index in [0.29, 0.717) is 11.7 Å². The zero-order chi connectivity index (χ0) is 27.6. The highest BCUT2D eigenvalue weighted by molar-refractivity contribution is 5.89. The number of nitrogens with two attached hydrogens (primary N) is 4. The molecule has 9 N–H and O–H groups in total. The van der Waals surface area contributed by atoms with Gasteiger partial charge in [-0.15, -0.1) is 0 Å². The molecule has 13 nitrogen and oxygen atoms in total. The summed E-state index contributed by atoms with van der Waals surface area (Å²) in [5.74, 6) is -0.270. The number of hydrogen-bond acceptors (Lipinski definition) is 9. The summed E-state index contributed by atoms with van der Waals surface area (Å²) in [6.07, 6.45) is 1.98. The van der Waals surface area contributed by atoms with E-state index in [2.05, 4.69) is 15.2 Å². The molecule has 0 aliphatic carbocycles. The minimum absolute atomic E-state index is 0.00245. The lowest BCUT2D eigenvalue weighted by atomic mass is 10.0. The number of urea groups is 1. The SMILES string of the molecule is CC(C)(N)C(=O)N1C[C@@H](N)N(C(=O)Nc2ccn(-c3ccc(CN4CCC(N)CC4)cc3)c(=O)n2)C[C@H]1N. The maximum atomic E-state index is 12.9. The maximum Gasteiger partial charge on any atom is 0.354 e. The van der Waals surface area contributed by atoms with E-state index in [1.54, 1.807) is 20.0 Å². The summed E-state index contributed by atoms with van der Waals surface area (Å²) in [7, 11) is 0.